The van der Waals surface area contributed by atoms with Crippen molar-refractivity contribution < 1.29 is 14.0 Å². The average molecular weight is 307 g/mol. The second-order valence-corrected chi connectivity index (χ2v) is 4.91. The van der Waals surface area contributed by atoms with E-state index in [1.807, 2.05) is 6.92 Å². The molecule has 1 aromatic heterocycles. The van der Waals surface area contributed by atoms with Gasteiger partial charge in [0.1, 0.15) is 5.76 Å². The molecule has 110 valence electrons. The zero-order chi connectivity index (χ0) is 15.2. The summed E-state index contributed by atoms with van der Waals surface area (Å²) in [5, 5.41) is 5.55. The summed E-state index contributed by atoms with van der Waals surface area (Å²) in [5.74, 6) is -0.673. The monoisotopic (exact) mass is 306 g/mol. The second kappa shape index (κ2) is 6.95. The maximum absolute atomic E-state index is 11.7. The molecule has 21 heavy (non-hydrogen) atoms. The molecule has 0 atom stereocenters. The van der Waals surface area contributed by atoms with Crippen LogP contribution < -0.4 is 10.6 Å². The van der Waals surface area contributed by atoms with Crippen LogP contribution in [0.5, 0.6) is 0 Å². The lowest BCUT2D eigenvalue weighted by Gasteiger charge is -2.07. The van der Waals surface area contributed by atoms with Gasteiger partial charge >= 0.3 is 11.8 Å². The molecule has 2 amide bonds. The van der Waals surface area contributed by atoms with Crippen molar-refractivity contribution >= 4 is 29.1 Å². The van der Waals surface area contributed by atoms with Gasteiger partial charge in [0.15, 0.2) is 0 Å². The van der Waals surface area contributed by atoms with Crippen LogP contribution in [0.3, 0.4) is 0 Å². The Balaban J connectivity index is 1.81. The number of carbonyl (C=O) groups excluding carboxylic acids is 2. The SMILES string of the molecule is Cc1ccc(NC(=O)C(=O)NCCc2ccco2)cc1Cl. The molecule has 0 unspecified atom stereocenters. The van der Waals surface area contributed by atoms with Gasteiger partial charge in [-0.3, -0.25) is 9.59 Å². The summed E-state index contributed by atoms with van der Waals surface area (Å²) in [5.41, 5.74) is 1.38. The summed E-state index contributed by atoms with van der Waals surface area (Å²) < 4.78 is 5.13. The molecule has 5 nitrogen and oxygen atoms in total. The van der Waals surface area contributed by atoms with Crippen molar-refractivity contribution in [2.75, 3.05) is 11.9 Å². The summed E-state index contributed by atoms with van der Waals surface area (Å²) in [6.07, 6.45) is 2.09. The Kier molecular flexibility index (Phi) is 5.00. The van der Waals surface area contributed by atoms with Crippen molar-refractivity contribution in [3.63, 3.8) is 0 Å². The van der Waals surface area contributed by atoms with Crippen LogP contribution >= 0.6 is 11.6 Å². The number of furan rings is 1. The number of amides is 2. The lowest BCUT2D eigenvalue weighted by molar-refractivity contribution is -0.136. The van der Waals surface area contributed by atoms with Gasteiger partial charge in [0.25, 0.3) is 0 Å². The number of hydrogen-bond acceptors (Lipinski definition) is 3. The summed E-state index contributed by atoms with van der Waals surface area (Å²) in [6, 6.07) is 8.64. The minimum absolute atomic E-state index is 0.328. The number of carbonyl (C=O) groups is 2. The third-order valence-electron chi connectivity index (χ3n) is 2.87. The largest absolute Gasteiger partial charge is 0.469 e. The van der Waals surface area contributed by atoms with Crippen LogP contribution in [0, 0.1) is 6.92 Å². The van der Waals surface area contributed by atoms with Gasteiger partial charge in [-0.15, -0.1) is 0 Å². The van der Waals surface area contributed by atoms with E-state index in [1.54, 1.807) is 36.6 Å². The Bertz CT molecular complexity index is 638. The molecule has 2 N–H and O–H groups in total. The van der Waals surface area contributed by atoms with E-state index in [0.717, 1.165) is 11.3 Å². The number of benzene rings is 1. The molecule has 1 aromatic carbocycles. The van der Waals surface area contributed by atoms with Crippen LogP contribution in [0.2, 0.25) is 5.02 Å². The zero-order valence-electron chi connectivity index (χ0n) is 11.5. The number of halogens is 1. The van der Waals surface area contributed by atoms with Crippen LogP contribution in [-0.2, 0) is 16.0 Å². The highest BCUT2D eigenvalue weighted by molar-refractivity contribution is 6.39. The minimum atomic E-state index is -0.727. The Morgan fingerprint density at radius 2 is 2.05 bits per heavy atom. The number of aryl methyl sites for hydroxylation is 1. The van der Waals surface area contributed by atoms with Gasteiger partial charge < -0.3 is 15.1 Å². The van der Waals surface area contributed by atoms with Crippen molar-refractivity contribution in [1.82, 2.24) is 5.32 Å². The fraction of sp³-hybridized carbons (Fsp3) is 0.200. The molecular formula is C15H15ClN2O3. The van der Waals surface area contributed by atoms with Gasteiger partial charge in [-0.25, -0.2) is 0 Å². The standard InChI is InChI=1S/C15H15ClN2O3/c1-10-4-5-11(9-13(10)16)18-15(20)14(19)17-7-6-12-3-2-8-21-12/h2-5,8-9H,6-7H2,1H3,(H,17,19)(H,18,20). The first kappa shape index (κ1) is 15.1. The maximum atomic E-state index is 11.7. The number of rotatable bonds is 4. The van der Waals surface area contributed by atoms with E-state index in [-0.39, 0.29) is 0 Å². The van der Waals surface area contributed by atoms with Crippen LogP contribution in [0.4, 0.5) is 5.69 Å². The molecule has 0 bridgehead atoms. The summed E-state index contributed by atoms with van der Waals surface area (Å²) in [7, 11) is 0. The van der Waals surface area contributed by atoms with Crippen molar-refractivity contribution in [3.8, 4) is 0 Å². The number of anilines is 1. The first-order valence-electron chi connectivity index (χ1n) is 6.44. The molecule has 0 aliphatic rings. The van der Waals surface area contributed by atoms with Crippen molar-refractivity contribution in [2.24, 2.45) is 0 Å². The quantitative estimate of drug-likeness (QED) is 0.853. The molecule has 0 aliphatic carbocycles. The Morgan fingerprint density at radius 1 is 1.24 bits per heavy atom. The fourth-order valence-corrected chi connectivity index (χ4v) is 1.87. The smallest absolute Gasteiger partial charge is 0.313 e. The summed E-state index contributed by atoms with van der Waals surface area (Å²) in [4.78, 5) is 23.4. The summed E-state index contributed by atoms with van der Waals surface area (Å²) >= 11 is 5.96. The molecule has 0 saturated carbocycles. The Labute approximate surface area is 127 Å². The van der Waals surface area contributed by atoms with E-state index in [0.29, 0.717) is 23.7 Å². The summed E-state index contributed by atoms with van der Waals surface area (Å²) in [6.45, 7) is 2.18. The molecule has 6 heteroatoms. The van der Waals surface area contributed by atoms with Crippen molar-refractivity contribution in [3.05, 3.63) is 52.9 Å². The lowest BCUT2D eigenvalue weighted by atomic mass is 10.2. The molecule has 0 aliphatic heterocycles. The zero-order valence-corrected chi connectivity index (χ0v) is 12.2. The average Bonchev–Trinajstić information content (AvgIpc) is 2.96. The molecule has 0 saturated heterocycles. The fourth-order valence-electron chi connectivity index (χ4n) is 1.69. The van der Waals surface area contributed by atoms with E-state index >= 15 is 0 Å². The highest BCUT2D eigenvalue weighted by atomic mass is 35.5. The molecular weight excluding hydrogens is 292 g/mol. The third kappa shape index (κ3) is 4.36. The van der Waals surface area contributed by atoms with E-state index in [1.165, 1.54) is 0 Å². The highest BCUT2D eigenvalue weighted by Gasteiger charge is 2.13. The first-order chi connectivity index (χ1) is 10.1. The molecule has 0 radical (unpaired) electrons. The topological polar surface area (TPSA) is 71.3 Å². The van der Waals surface area contributed by atoms with Crippen molar-refractivity contribution in [1.29, 1.82) is 0 Å². The Morgan fingerprint density at radius 3 is 2.71 bits per heavy atom. The minimum Gasteiger partial charge on any atom is -0.469 e. The first-order valence-corrected chi connectivity index (χ1v) is 6.82. The second-order valence-electron chi connectivity index (χ2n) is 4.50. The van der Waals surface area contributed by atoms with Gasteiger partial charge in [0.2, 0.25) is 0 Å². The van der Waals surface area contributed by atoms with Gasteiger partial charge in [0, 0.05) is 23.7 Å². The van der Waals surface area contributed by atoms with Gasteiger partial charge in [0.05, 0.1) is 6.26 Å². The Hall–Kier alpha value is -2.27. The number of nitrogens with one attached hydrogen (secondary N) is 2. The number of hydrogen-bond donors (Lipinski definition) is 2. The van der Waals surface area contributed by atoms with Crippen LogP contribution in [0.15, 0.2) is 41.0 Å². The van der Waals surface area contributed by atoms with Crippen LogP contribution in [0.25, 0.3) is 0 Å². The molecule has 2 rings (SSSR count). The molecule has 0 fully saturated rings. The maximum Gasteiger partial charge on any atom is 0.313 e. The normalized spacial score (nSPS) is 10.2. The van der Waals surface area contributed by atoms with E-state index < -0.39 is 11.8 Å². The van der Waals surface area contributed by atoms with Gasteiger partial charge in [-0.1, -0.05) is 17.7 Å². The van der Waals surface area contributed by atoms with Crippen LogP contribution in [-0.4, -0.2) is 18.4 Å². The molecule has 1 heterocycles. The van der Waals surface area contributed by atoms with Crippen molar-refractivity contribution in [2.45, 2.75) is 13.3 Å². The van der Waals surface area contributed by atoms with Gasteiger partial charge in [-0.2, -0.15) is 0 Å². The predicted octanol–water partition coefficient (Wildman–Crippen LogP) is 2.54. The lowest BCUT2D eigenvalue weighted by Crippen LogP contribution is -2.36. The molecule has 2 aromatic rings. The van der Waals surface area contributed by atoms with Crippen LogP contribution in [0.1, 0.15) is 11.3 Å². The predicted molar refractivity (Wildman–Crippen MR) is 80.2 cm³/mol. The highest BCUT2D eigenvalue weighted by Crippen LogP contribution is 2.19. The van der Waals surface area contributed by atoms with E-state index in [2.05, 4.69) is 10.6 Å². The van der Waals surface area contributed by atoms with E-state index in [4.69, 9.17) is 16.0 Å². The van der Waals surface area contributed by atoms with E-state index in [9.17, 15) is 9.59 Å². The molecule has 0 spiro atoms. The third-order valence-corrected chi connectivity index (χ3v) is 3.28. The van der Waals surface area contributed by atoms with Gasteiger partial charge in [-0.05, 0) is 36.8 Å².